The Kier molecular flexibility index (Phi) is 4.72. The fourth-order valence-electron chi connectivity index (χ4n) is 4.44. The second-order valence-corrected chi connectivity index (χ2v) is 7.24. The summed E-state index contributed by atoms with van der Waals surface area (Å²) in [5, 5.41) is 3.33. The fourth-order valence-corrected chi connectivity index (χ4v) is 4.44. The largest absolute Gasteiger partial charge is 0.335 e. The fraction of sp³-hybridized carbons (Fsp3) is 0.941. The molecule has 120 valence electrons. The van der Waals surface area contributed by atoms with E-state index in [-0.39, 0.29) is 6.03 Å². The zero-order valence-corrected chi connectivity index (χ0v) is 13.7. The van der Waals surface area contributed by atoms with E-state index in [1.54, 1.807) is 0 Å². The van der Waals surface area contributed by atoms with Crippen LogP contribution in [0.4, 0.5) is 4.79 Å². The predicted octanol–water partition coefficient (Wildman–Crippen LogP) is 2.83. The van der Waals surface area contributed by atoms with Gasteiger partial charge in [0.1, 0.15) is 0 Å². The number of carbonyl (C=O) groups excluding carboxylic acids is 1. The lowest BCUT2D eigenvalue weighted by atomic mass is 9.79. The van der Waals surface area contributed by atoms with Gasteiger partial charge in [0.05, 0.1) is 0 Å². The highest BCUT2D eigenvalue weighted by molar-refractivity contribution is 5.75. The highest BCUT2D eigenvalue weighted by Gasteiger charge is 2.38. The van der Waals surface area contributed by atoms with E-state index in [9.17, 15) is 4.79 Å². The minimum absolute atomic E-state index is 0.214. The van der Waals surface area contributed by atoms with Gasteiger partial charge in [0.2, 0.25) is 0 Å². The molecule has 1 saturated carbocycles. The average molecular weight is 293 g/mol. The van der Waals surface area contributed by atoms with Gasteiger partial charge in [-0.05, 0) is 57.9 Å². The Hall–Kier alpha value is -0.770. The van der Waals surface area contributed by atoms with Crippen LogP contribution >= 0.6 is 0 Å². The highest BCUT2D eigenvalue weighted by atomic mass is 16.2. The Morgan fingerprint density at radius 1 is 1.14 bits per heavy atom. The molecule has 3 fully saturated rings. The molecule has 4 heteroatoms. The van der Waals surface area contributed by atoms with Gasteiger partial charge < -0.3 is 15.1 Å². The van der Waals surface area contributed by atoms with Gasteiger partial charge in [0.25, 0.3) is 0 Å². The van der Waals surface area contributed by atoms with Crippen LogP contribution in [0.15, 0.2) is 0 Å². The predicted molar refractivity (Wildman–Crippen MR) is 85.3 cm³/mol. The minimum Gasteiger partial charge on any atom is -0.335 e. The van der Waals surface area contributed by atoms with Crippen LogP contribution in [0.5, 0.6) is 0 Å². The van der Waals surface area contributed by atoms with Gasteiger partial charge >= 0.3 is 6.03 Å². The topological polar surface area (TPSA) is 35.6 Å². The third-order valence-corrected chi connectivity index (χ3v) is 6.00. The maximum atomic E-state index is 12.6. The number of urea groups is 1. The molecule has 3 rings (SSSR count). The summed E-state index contributed by atoms with van der Waals surface area (Å²) in [5.74, 6) is 0.791. The van der Waals surface area contributed by atoms with Crippen LogP contribution in [0.2, 0.25) is 0 Å². The molecule has 2 aliphatic heterocycles. The van der Waals surface area contributed by atoms with E-state index in [0.717, 1.165) is 38.4 Å². The molecule has 3 unspecified atom stereocenters. The van der Waals surface area contributed by atoms with Crippen molar-refractivity contribution in [3.05, 3.63) is 0 Å². The molecule has 0 radical (unpaired) electrons. The molecule has 2 amide bonds. The average Bonchev–Trinajstić information content (AvgIpc) is 2.86. The maximum Gasteiger partial charge on any atom is 0.317 e. The normalized spacial score (nSPS) is 34.8. The van der Waals surface area contributed by atoms with Gasteiger partial charge in [0.15, 0.2) is 0 Å². The summed E-state index contributed by atoms with van der Waals surface area (Å²) in [6, 6.07) is 1.71. The molecule has 0 bridgehead atoms. The van der Waals surface area contributed by atoms with Crippen molar-refractivity contribution in [2.75, 3.05) is 19.6 Å². The Morgan fingerprint density at radius 2 is 1.95 bits per heavy atom. The third kappa shape index (κ3) is 3.20. The Morgan fingerprint density at radius 3 is 2.57 bits per heavy atom. The monoisotopic (exact) mass is 293 g/mol. The van der Waals surface area contributed by atoms with Crippen molar-refractivity contribution >= 4 is 6.03 Å². The molecule has 1 aliphatic carbocycles. The Bertz CT molecular complexity index is 369. The van der Waals surface area contributed by atoms with Crippen LogP contribution in [-0.2, 0) is 0 Å². The summed E-state index contributed by atoms with van der Waals surface area (Å²) in [6.45, 7) is 7.72. The first-order valence-electron chi connectivity index (χ1n) is 9.00. The van der Waals surface area contributed by atoms with Crippen molar-refractivity contribution < 1.29 is 4.79 Å². The summed E-state index contributed by atoms with van der Waals surface area (Å²) >= 11 is 0. The number of piperidine rings is 1. The third-order valence-electron chi connectivity index (χ3n) is 6.00. The second kappa shape index (κ2) is 6.55. The molecule has 4 nitrogen and oxygen atoms in total. The van der Waals surface area contributed by atoms with Crippen molar-refractivity contribution in [3.8, 4) is 0 Å². The number of rotatable bonds is 3. The molecule has 3 aliphatic rings. The molecule has 0 aromatic carbocycles. The van der Waals surface area contributed by atoms with Crippen LogP contribution in [0.1, 0.15) is 58.8 Å². The molecule has 3 atom stereocenters. The van der Waals surface area contributed by atoms with Crippen LogP contribution in [0.3, 0.4) is 0 Å². The quantitative estimate of drug-likeness (QED) is 0.868. The van der Waals surface area contributed by atoms with Crippen molar-refractivity contribution in [2.24, 2.45) is 5.92 Å². The highest BCUT2D eigenvalue weighted by Crippen LogP contribution is 2.37. The van der Waals surface area contributed by atoms with Crippen molar-refractivity contribution in [3.63, 3.8) is 0 Å². The summed E-state index contributed by atoms with van der Waals surface area (Å²) in [6.07, 6.45) is 8.65. The molecule has 2 saturated heterocycles. The van der Waals surface area contributed by atoms with E-state index in [4.69, 9.17) is 0 Å². The van der Waals surface area contributed by atoms with E-state index in [2.05, 4.69) is 29.0 Å². The van der Waals surface area contributed by atoms with E-state index in [0.29, 0.717) is 18.1 Å². The minimum atomic E-state index is 0.214. The number of amides is 2. The van der Waals surface area contributed by atoms with Gasteiger partial charge in [-0.2, -0.15) is 0 Å². The smallest absolute Gasteiger partial charge is 0.317 e. The summed E-state index contributed by atoms with van der Waals surface area (Å²) in [4.78, 5) is 17.3. The number of hydrogen-bond donors (Lipinski definition) is 1. The first-order chi connectivity index (χ1) is 10.2. The Balaban J connectivity index is 1.51. The van der Waals surface area contributed by atoms with Crippen molar-refractivity contribution in [1.82, 2.24) is 15.1 Å². The molecule has 0 aromatic heterocycles. The molecule has 21 heavy (non-hydrogen) atoms. The number of nitrogens with one attached hydrogen (secondary N) is 1. The molecule has 0 spiro atoms. The molecule has 2 heterocycles. The molecule has 0 aromatic rings. The van der Waals surface area contributed by atoms with Crippen LogP contribution < -0.4 is 5.32 Å². The maximum absolute atomic E-state index is 12.6. The van der Waals surface area contributed by atoms with Gasteiger partial charge in [-0.25, -0.2) is 4.79 Å². The number of hydrogen-bond acceptors (Lipinski definition) is 2. The van der Waals surface area contributed by atoms with Crippen molar-refractivity contribution in [1.29, 1.82) is 0 Å². The summed E-state index contributed by atoms with van der Waals surface area (Å²) in [5.41, 5.74) is 0. The molecule has 1 N–H and O–H groups in total. The van der Waals surface area contributed by atoms with Crippen LogP contribution in [0, 0.1) is 5.92 Å². The zero-order chi connectivity index (χ0) is 14.8. The first-order valence-corrected chi connectivity index (χ1v) is 9.00. The van der Waals surface area contributed by atoms with E-state index >= 15 is 0 Å². The number of nitrogens with zero attached hydrogens (tertiary/aromatic N) is 2. The molecular weight excluding hydrogens is 262 g/mol. The van der Waals surface area contributed by atoms with E-state index in [1.165, 1.54) is 32.1 Å². The van der Waals surface area contributed by atoms with Gasteiger partial charge in [0, 0.05) is 31.2 Å². The standard InChI is InChI=1S/C17H31N3O/c1-3-19-11-9-15(12-13(19)2)18-17(21)20-10-5-8-16(20)14-6-4-7-14/h13-16H,3-12H2,1-2H3,(H,18,21). The number of carbonyl (C=O) groups is 1. The summed E-state index contributed by atoms with van der Waals surface area (Å²) in [7, 11) is 0. The SMILES string of the molecule is CCN1CCC(NC(=O)N2CCCC2C2CCC2)CC1C. The summed E-state index contributed by atoms with van der Waals surface area (Å²) < 4.78 is 0. The zero-order valence-electron chi connectivity index (χ0n) is 13.7. The molecular formula is C17H31N3O. The Labute approximate surface area is 129 Å². The first kappa shape index (κ1) is 15.1. The van der Waals surface area contributed by atoms with Gasteiger partial charge in [-0.3, -0.25) is 0 Å². The van der Waals surface area contributed by atoms with Gasteiger partial charge in [-0.15, -0.1) is 0 Å². The lowest BCUT2D eigenvalue weighted by Crippen LogP contribution is -2.53. The lowest BCUT2D eigenvalue weighted by molar-refractivity contribution is 0.120. The van der Waals surface area contributed by atoms with Crippen molar-refractivity contribution in [2.45, 2.75) is 76.9 Å². The number of likely N-dealkylation sites (tertiary alicyclic amines) is 2. The second-order valence-electron chi connectivity index (χ2n) is 7.24. The van der Waals surface area contributed by atoms with Crippen LogP contribution in [0.25, 0.3) is 0 Å². The van der Waals surface area contributed by atoms with E-state index < -0.39 is 0 Å². The van der Waals surface area contributed by atoms with Gasteiger partial charge in [-0.1, -0.05) is 13.3 Å². The van der Waals surface area contributed by atoms with Crippen LogP contribution in [-0.4, -0.2) is 53.6 Å². The van der Waals surface area contributed by atoms with E-state index in [1.807, 2.05) is 0 Å². The lowest BCUT2D eigenvalue weighted by Gasteiger charge is -2.40.